The molecule has 1 aliphatic heterocycles. The number of amides is 2. The molecule has 0 bridgehead atoms. The number of hydrogen-bond acceptors (Lipinski definition) is 5. The van der Waals surface area contributed by atoms with Crippen molar-refractivity contribution in [1.82, 2.24) is 14.5 Å². The quantitative estimate of drug-likeness (QED) is 0.201. The van der Waals surface area contributed by atoms with Crippen LogP contribution in [-0.2, 0) is 39.0 Å². The molecule has 1 saturated heterocycles. The summed E-state index contributed by atoms with van der Waals surface area (Å²) in [6, 6.07) is 23.5. The first-order valence-electron chi connectivity index (χ1n) is 16.8. The molecule has 1 atom stereocenters. The summed E-state index contributed by atoms with van der Waals surface area (Å²) < 4.78 is 32.8. The molecule has 3 aromatic carbocycles. The number of hydrogen-bond donors (Lipinski definition) is 1. The van der Waals surface area contributed by atoms with Gasteiger partial charge in [-0.3, -0.25) is 9.59 Å². The first kappa shape index (κ1) is 34.4. The van der Waals surface area contributed by atoms with Gasteiger partial charge < -0.3 is 15.0 Å². The predicted octanol–water partition coefficient (Wildman–Crippen LogP) is 6.06. The Labute approximate surface area is 279 Å². The SMILES string of the molecule is COc1ccc(CN(C(=O)CCc2ccc(S(=O)(=O)N3CCCC3)cc2)[C@H](Cc2ccccc2)C(=O)NCCC2=CCCCC2)cc1. The molecule has 2 amide bonds. The van der Waals surface area contributed by atoms with Gasteiger partial charge >= 0.3 is 0 Å². The van der Waals surface area contributed by atoms with Crippen molar-refractivity contribution in [3.63, 3.8) is 0 Å². The Kier molecular flexibility index (Phi) is 12.3. The second kappa shape index (κ2) is 16.7. The van der Waals surface area contributed by atoms with Crippen molar-refractivity contribution in [2.24, 2.45) is 0 Å². The van der Waals surface area contributed by atoms with Crippen LogP contribution >= 0.6 is 0 Å². The van der Waals surface area contributed by atoms with Crippen molar-refractivity contribution in [2.75, 3.05) is 26.7 Å². The molecule has 5 rings (SSSR count). The number of allylic oxidation sites excluding steroid dienone is 1. The Hall–Kier alpha value is -3.95. The van der Waals surface area contributed by atoms with E-state index in [4.69, 9.17) is 4.74 Å². The molecule has 3 aromatic rings. The highest BCUT2D eigenvalue weighted by atomic mass is 32.2. The number of aryl methyl sites for hydroxylation is 1. The molecule has 1 aliphatic carbocycles. The second-order valence-corrected chi connectivity index (χ2v) is 14.4. The third-order valence-corrected chi connectivity index (χ3v) is 11.1. The third-order valence-electron chi connectivity index (χ3n) is 9.17. The third kappa shape index (κ3) is 9.55. The van der Waals surface area contributed by atoms with Gasteiger partial charge in [0, 0.05) is 39.0 Å². The number of rotatable bonds is 15. The lowest BCUT2D eigenvalue weighted by atomic mass is 9.97. The zero-order valence-electron chi connectivity index (χ0n) is 27.4. The van der Waals surface area contributed by atoms with Crippen LogP contribution in [0.5, 0.6) is 5.75 Å². The average Bonchev–Trinajstić information content (AvgIpc) is 3.67. The minimum Gasteiger partial charge on any atom is -0.497 e. The molecule has 1 fully saturated rings. The van der Waals surface area contributed by atoms with Gasteiger partial charge in [-0.05, 0) is 92.3 Å². The molecule has 0 radical (unpaired) electrons. The van der Waals surface area contributed by atoms with Gasteiger partial charge in [-0.15, -0.1) is 0 Å². The smallest absolute Gasteiger partial charge is 0.243 e. The van der Waals surface area contributed by atoms with E-state index in [0.717, 1.165) is 54.5 Å². The number of nitrogens with one attached hydrogen (secondary N) is 1. The maximum Gasteiger partial charge on any atom is 0.243 e. The minimum atomic E-state index is -3.50. The summed E-state index contributed by atoms with van der Waals surface area (Å²) in [5.41, 5.74) is 4.13. The number of ether oxygens (including phenoxy) is 1. The predicted molar refractivity (Wildman–Crippen MR) is 184 cm³/mol. The molecule has 1 N–H and O–H groups in total. The fourth-order valence-corrected chi connectivity index (χ4v) is 7.89. The largest absolute Gasteiger partial charge is 0.497 e. The highest BCUT2D eigenvalue weighted by Crippen LogP contribution is 2.23. The van der Waals surface area contributed by atoms with E-state index >= 15 is 0 Å². The monoisotopic (exact) mass is 657 g/mol. The number of benzene rings is 3. The van der Waals surface area contributed by atoms with E-state index in [-0.39, 0.29) is 29.7 Å². The number of methoxy groups -OCH3 is 1. The summed E-state index contributed by atoms with van der Waals surface area (Å²) in [5, 5.41) is 3.15. The summed E-state index contributed by atoms with van der Waals surface area (Å²) in [6.45, 7) is 1.91. The Morgan fingerprint density at radius 1 is 0.851 bits per heavy atom. The van der Waals surface area contributed by atoms with Crippen molar-refractivity contribution in [2.45, 2.75) is 81.7 Å². The molecule has 0 spiro atoms. The van der Waals surface area contributed by atoms with E-state index in [1.54, 1.807) is 36.3 Å². The maximum absolute atomic E-state index is 14.1. The molecule has 250 valence electrons. The zero-order chi connectivity index (χ0) is 33.1. The van der Waals surface area contributed by atoms with Crippen LogP contribution in [0.3, 0.4) is 0 Å². The lowest BCUT2D eigenvalue weighted by molar-refractivity contribution is -0.141. The first-order valence-corrected chi connectivity index (χ1v) is 18.3. The summed E-state index contributed by atoms with van der Waals surface area (Å²) in [6.07, 6.45) is 10.5. The lowest BCUT2D eigenvalue weighted by Crippen LogP contribution is -2.50. The van der Waals surface area contributed by atoms with E-state index in [9.17, 15) is 18.0 Å². The first-order chi connectivity index (χ1) is 22.8. The highest BCUT2D eigenvalue weighted by molar-refractivity contribution is 7.89. The van der Waals surface area contributed by atoms with Crippen LogP contribution in [0.1, 0.15) is 68.1 Å². The van der Waals surface area contributed by atoms with Crippen LogP contribution in [0.25, 0.3) is 0 Å². The van der Waals surface area contributed by atoms with E-state index in [2.05, 4.69) is 11.4 Å². The normalized spacial score (nSPS) is 15.9. The summed E-state index contributed by atoms with van der Waals surface area (Å²) in [5.74, 6) is 0.418. The molecular formula is C38H47N3O5S. The minimum absolute atomic E-state index is 0.138. The topological polar surface area (TPSA) is 96.0 Å². The molecule has 47 heavy (non-hydrogen) atoms. The van der Waals surface area contributed by atoms with Gasteiger partial charge in [0.15, 0.2) is 0 Å². The molecule has 2 aliphatic rings. The van der Waals surface area contributed by atoms with Gasteiger partial charge in [0.1, 0.15) is 11.8 Å². The Morgan fingerprint density at radius 3 is 2.21 bits per heavy atom. The van der Waals surface area contributed by atoms with Crippen molar-refractivity contribution >= 4 is 21.8 Å². The van der Waals surface area contributed by atoms with Crippen molar-refractivity contribution in [1.29, 1.82) is 0 Å². The Balaban J connectivity index is 1.34. The number of sulfonamides is 1. The summed E-state index contributed by atoms with van der Waals surface area (Å²) >= 11 is 0. The highest BCUT2D eigenvalue weighted by Gasteiger charge is 2.31. The molecule has 8 nitrogen and oxygen atoms in total. The fraction of sp³-hybridized carbons (Fsp3) is 0.421. The molecule has 1 heterocycles. The van der Waals surface area contributed by atoms with Gasteiger partial charge in [-0.25, -0.2) is 8.42 Å². The Morgan fingerprint density at radius 2 is 1.55 bits per heavy atom. The molecule has 0 aromatic heterocycles. The molecule has 9 heteroatoms. The van der Waals surface area contributed by atoms with Gasteiger partial charge in [0.2, 0.25) is 21.8 Å². The van der Waals surface area contributed by atoms with Gasteiger partial charge in [-0.1, -0.05) is 66.2 Å². The second-order valence-electron chi connectivity index (χ2n) is 12.5. The number of carbonyl (C=O) groups excluding carboxylic acids is 2. The average molecular weight is 658 g/mol. The van der Waals surface area contributed by atoms with Gasteiger partial charge in [0.25, 0.3) is 0 Å². The van der Waals surface area contributed by atoms with E-state index < -0.39 is 16.1 Å². The van der Waals surface area contributed by atoms with E-state index in [1.807, 2.05) is 54.6 Å². The molecular weight excluding hydrogens is 611 g/mol. The molecule has 0 saturated carbocycles. The number of nitrogens with zero attached hydrogens (tertiary/aromatic N) is 2. The van der Waals surface area contributed by atoms with Crippen LogP contribution in [0, 0.1) is 0 Å². The standard InChI is InChI=1S/C38H47N3O5S/c1-46-34-19-14-33(15-20-34)29-41(37(42)23-18-31-16-21-35(22-17-31)47(44,45)40-26-8-9-27-40)36(28-32-12-6-3-7-13-32)38(43)39-25-24-30-10-4-2-5-11-30/h3,6-7,10,12-17,19-22,36H,2,4-5,8-9,11,18,23-29H2,1H3,(H,39,43)/t36-/m1/s1. The van der Waals surface area contributed by atoms with E-state index in [0.29, 0.717) is 32.5 Å². The van der Waals surface area contributed by atoms with Gasteiger partial charge in [0.05, 0.1) is 12.0 Å². The summed E-state index contributed by atoms with van der Waals surface area (Å²) in [7, 11) is -1.89. The maximum atomic E-state index is 14.1. The lowest BCUT2D eigenvalue weighted by Gasteiger charge is -2.32. The van der Waals surface area contributed by atoms with Crippen molar-refractivity contribution < 1.29 is 22.7 Å². The summed E-state index contributed by atoms with van der Waals surface area (Å²) in [4.78, 5) is 30.0. The van der Waals surface area contributed by atoms with Crippen molar-refractivity contribution in [3.05, 3.63) is 107 Å². The van der Waals surface area contributed by atoms with E-state index in [1.165, 1.54) is 22.7 Å². The Bertz CT molecular complexity index is 1600. The fourth-order valence-electron chi connectivity index (χ4n) is 6.38. The number of carbonyl (C=O) groups is 2. The van der Waals surface area contributed by atoms with Gasteiger partial charge in [-0.2, -0.15) is 4.31 Å². The van der Waals surface area contributed by atoms with Crippen LogP contribution in [0.15, 0.2) is 95.4 Å². The van der Waals surface area contributed by atoms with Crippen molar-refractivity contribution in [3.8, 4) is 5.75 Å². The van der Waals surface area contributed by atoms with Crippen LogP contribution in [-0.4, -0.2) is 62.2 Å². The van der Waals surface area contributed by atoms with Crippen LogP contribution in [0.4, 0.5) is 0 Å². The van der Waals surface area contributed by atoms with Crippen LogP contribution in [0.2, 0.25) is 0 Å². The van der Waals surface area contributed by atoms with Crippen LogP contribution < -0.4 is 10.1 Å². The molecule has 0 unspecified atom stereocenters. The zero-order valence-corrected chi connectivity index (χ0v) is 28.2.